The van der Waals surface area contributed by atoms with Crippen LogP contribution in [0.3, 0.4) is 0 Å². The molecule has 1 aromatic heterocycles. The molecule has 0 saturated heterocycles. The third-order valence-corrected chi connectivity index (χ3v) is 4.15. The first-order chi connectivity index (χ1) is 9.22. The number of fused-ring (bicyclic) bond motifs is 1. The van der Waals surface area contributed by atoms with E-state index in [-0.39, 0.29) is 0 Å². The van der Waals surface area contributed by atoms with Crippen molar-refractivity contribution in [1.82, 2.24) is 9.55 Å². The van der Waals surface area contributed by atoms with E-state index in [1.54, 1.807) is 0 Å². The lowest BCUT2D eigenvalue weighted by Gasteiger charge is -2.06. The van der Waals surface area contributed by atoms with Crippen molar-refractivity contribution in [2.75, 3.05) is 5.73 Å². The number of nitrogens with zero attached hydrogens (tertiary/aromatic N) is 2. The van der Waals surface area contributed by atoms with Gasteiger partial charge in [0.1, 0.15) is 0 Å². The molecule has 19 heavy (non-hydrogen) atoms. The molecule has 0 spiro atoms. The number of aryl methyl sites for hydroxylation is 1. The molecule has 2 rings (SSSR count). The Labute approximate surface area is 128 Å². The molecular formula is C15H22IN3. The molecule has 0 aliphatic heterocycles. The number of halogens is 1. The van der Waals surface area contributed by atoms with Gasteiger partial charge in [0.15, 0.2) is 0 Å². The van der Waals surface area contributed by atoms with Gasteiger partial charge < -0.3 is 10.3 Å². The minimum atomic E-state index is 0.644. The smallest absolute Gasteiger partial charge is 0.201 e. The van der Waals surface area contributed by atoms with Crippen LogP contribution in [0.1, 0.15) is 45.4 Å². The zero-order valence-corrected chi connectivity index (χ0v) is 13.7. The first-order valence-corrected chi connectivity index (χ1v) is 8.21. The van der Waals surface area contributed by atoms with Gasteiger partial charge in [-0.15, -0.1) is 0 Å². The van der Waals surface area contributed by atoms with Crippen LogP contribution in [0, 0.1) is 3.57 Å². The maximum atomic E-state index is 6.02. The van der Waals surface area contributed by atoms with Gasteiger partial charge in [-0.05, 0) is 47.2 Å². The van der Waals surface area contributed by atoms with Gasteiger partial charge in [-0.2, -0.15) is 0 Å². The summed E-state index contributed by atoms with van der Waals surface area (Å²) >= 11 is 2.31. The number of aromatic nitrogens is 2. The molecule has 2 N–H and O–H groups in total. The molecule has 4 heteroatoms. The van der Waals surface area contributed by atoms with Crippen LogP contribution in [0.5, 0.6) is 0 Å². The van der Waals surface area contributed by atoms with Crippen molar-refractivity contribution in [3.63, 3.8) is 0 Å². The Bertz CT molecular complexity index is 533. The Kier molecular flexibility index (Phi) is 5.48. The Hall–Kier alpha value is -0.780. The van der Waals surface area contributed by atoms with Crippen LogP contribution < -0.4 is 5.73 Å². The number of nitrogens with two attached hydrogens (primary N) is 1. The fourth-order valence-corrected chi connectivity index (χ4v) is 2.88. The third-order valence-electron chi connectivity index (χ3n) is 3.48. The quantitative estimate of drug-likeness (QED) is 0.572. The average Bonchev–Trinajstić information content (AvgIpc) is 2.69. The molecule has 1 aromatic carbocycles. The summed E-state index contributed by atoms with van der Waals surface area (Å²) in [6.07, 6.45) is 7.81. The molecule has 0 radical (unpaired) electrons. The van der Waals surface area contributed by atoms with Crippen molar-refractivity contribution in [1.29, 1.82) is 0 Å². The van der Waals surface area contributed by atoms with Crippen molar-refractivity contribution in [3.05, 3.63) is 21.8 Å². The van der Waals surface area contributed by atoms with E-state index >= 15 is 0 Å². The third kappa shape index (κ3) is 3.84. The molecule has 0 aliphatic rings. The van der Waals surface area contributed by atoms with Gasteiger partial charge in [-0.1, -0.05) is 39.0 Å². The number of imidazole rings is 1. The summed E-state index contributed by atoms with van der Waals surface area (Å²) in [6.45, 7) is 3.23. The largest absolute Gasteiger partial charge is 0.369 e. The van der Waals surface area contributed by atoms with Crippen molar-refractivity contribution < 1.29 is 0 Å². The molecule has 0 fully saturated rings. The van der Waals surface area contributed by atoms with Crippen LogP contribution in [0.15, 0.2) is 18.2 Å². The van der Waals surface area contributed by atoms with E-state index in [9.17, 15) is 0 Å². The summed E-state index contributed by atoms with van der Waals surface area (Å²) in [5, 5.41) is 0. The molecule has 2 aromatic rings. The predicted octanol–water partition coefficient (Wildman–Crippen LogP) is 4.58. The maximum absolute atomic E-state index is 6.02. The molecule has 0 bridgehead atoms. The second kappa shape index (κ2) is 7.12. The van der Waals surface area contributed by atoms with Crippen LogP contribution >= 0.6 is 22.6 Å². The Morgan fingerprint density at radius 3 is 2.68 bits per heavy atom. The second-order valence-corrected chi connectivity index (χ2v) is 6.27. The van der Waals surface area contributed by atoms with Crippen LogP contribution in [0.4, 0.5) is 5.95 Å². The molecule has 1 heterocycles. The number of rotatable bonds is 7. The van der Waals surface area contributed by atoms with Crippen LogP contribution in [-0.4, -0.2) is 9.55 Å². The van der Waals surface area contributed by atoms with Crippen LogP contribution in [-0.2, 0) is 6.54 Å². The van der Waals surface area contributed by atoms with Gasteiger partial charge in [0.25, 0.3) is 0 Å². The number of hydrogen-bond donors (Lipinski definition) is 1. The summed E-state index contributed by atoms with van der Waals surface area (Å²) in [5.41, 5.74) is 8.18. The number of anilines is 1. The first kappa shape index (κ1) is 14.6. The lowest BCUT2D eigenvalue weighted by molar-refractivity contribution is 0.567. The van der Waals surface area contributed by atoms with Gasteiger partial charge in [0.05, 0.1) is 11.0 Å². The lowest BCUT2D eigenvalue weighted by atomic mass is 10.1. The lowest BCUT2D eigenvalue weighted by Crippen LogP contribution is -2.03. The van der Waals surface area contributed by atoms with Gasteiger partial charge in [0, 0.05) is 10.1 Å². The van der Waals surface area contributed by atoms with Gasteiger partial charge >= 0.3 is 0 Å². The number of nitrogen functional groups attached to an aromatic ring is 1. The highest BCUT2D eigenvalue weighted by molar-refractivity contribution is 14.1. The van der Waals surface area contributed by atoms with Gasteiger partial charge in [-0.3, -0.25) is 0 Å². The Balaban J connectivity index is 1.95. The monoisotopic (exact) mass is 371 g/mol. The molecule has 3 nitrogen and oxygen atoms in total. The standard InChI is InChI=1S/C15H22IN3/c1-2-3-4-5-6-7-10-19-14-9-8-12(16)11-13(14)18-15(19)17/h8-9,11H,2-7,10H2,1H3,(H2,17,18). The first-order valence-electron chi connectivity index (χ1n) is 7.13. The van der Waals surface area contributed by atoms with E-state index in [0.29, 0.717) is 5.95 Å². The Morgan fingerprint density at radius 2 is 1.89 bits per heavy atom. The highest BCUT2D eigenvalue weighted by Crippen LogP contribution is 2.21. The summed E-state index contributed by atoms with van der Waals surface area (Å²) in [6, 6.07) is 6.32. The zero-order valence-electron chi connectivity index (χ0n) is 11.5. The highest BCUT2D eigenvalue weighted by atomic mass is 127. The summed E-state index contributed by atoms with van der Waals surface area (Å²) in [4.78, 5) is 4.44. The Morgan fingerprint density at radius 1 is 1.16 bits per heavy atom. The summed E-state index contributed by atoms with van der Waals surface area (Å²) < 4.78 is 3.35. The minimum absolute atomic E-state index is 0.644. The molecular weight excluding hydrogens is 349 g/mol. The highest BCUT2D eigenvalue weighted by Gasteiger charge is 2.07. The van der Waals surface area contributed by atoms with E-state index in [2.05, 4.69) is 57.3 Å². The summed E-state index contributed by atoms with van der Waals surface area (Å²) in [7, 11) is 0. The van der Waals surface area contributed by atoms with E-state index in [0.717, 1.165) is 17.6 Å². The SMILES string of the molecule is CCCCCCCCn1c(N)nc2cc(I)ccc21. The fourth-order valence-electron chi connectivity index (χ4n) is 2.41. The molecule has 0 atom stereocenters. The van der Waals surface area contributed by atoms with Crippen molar-refractivity contribution in [3.8, 4) is 0 Å². The van der Waals surface area contributed by atoms with Crippen molar-refractivity contribution >= 4 is 39.6 Å². The molecule has 0 unspecified atom stereocenters. The minimum Gasteiger partial charge on any atom is -0.369 e. The van der Waals surface area contributed by atoms with E-state index in [4.69, 9.17) is 5.73 Å². The van der Waals surface area contributed by atoms with Crippen LogP contribution in [0.25, 0.3) is 11.0 Å². The van der Waals surface area contributed by atoms with E-state index < -0.39 is 0 Å². The zero-order chi connectivity index (χ0) is 13.7. The van der Waals surface area contributed by atoms with Crippen molar-refractivity contribution in [2.45, 2.75) is 52.0 Å². The maximum Gasteiger partial charge on any atom is 0.201 e. The van der Waals surface area contributed by atoms with Crippen molar-refractivity contribution in [2.24, 2.45) is 0 Å². The fraction of sp³-hybridized carbons (Fsp3) is 0.533. The molecule has 0 amide bonds. The average molecular weight is 371 g/mol. The topological polar surface area (TPSA) is 43.8 Å². The second-order valence-electron chi connectivity index (χ2n) is 5.02. The summed E-state index contributed by atoms with van der Waals surface area (Å²) in [5.74, 6) is 0.644. The van der Waals surface area contributed by atoms with Gasteiger partial charge in [0.2, 0.25) is 5.95 Å². The molecule has 104 valence electrons. The number of unbranched alkanes of at least 4 members (excludes halogenated alkanes) is 5. The number of hydrogen-bond acceptors (Lipinski definition) is 2. The van der Waals surface area contributed by atoms with E-state index in [1.807, 2.05) is 0 Å². The predicted molar refractivity (Wildman–Crippen MR) is 90.2 cm³/mol. The molecule has 0 aliphatic carbocycles. The van der Waals surface area contributed by atoms with Crippen LogP contribution in [0.2, 0.25) is 0 Å². The number of benzene rings is 1. The van der Waals surface area contributed by atoms with Gasteiger partial charge in [-0.25, -0.2) is 4.98 Å². The normalized spacial score (nSPS) is 11.3. The molecule has 0 saturated carbocycles. The van der Waals surface area contributed by atoms with E-state index in [1.165, 1.54) is 42.1 Å².